The van der Waals surface area contributed by atoms with Gasteiger partial charge in [0, 0.05) is 115 Å². The third-order valence-corrected chi connectivity index (χ3v) is 31.7. The van der Waals surface area contributed by atoms with Crippen molar-refractivity contribution in [2.45, 2.75) is 492 Å². The van der Waals surface area contributed by atoms with Gasteiger partial charge in [0.25, 0.3) is 0 Å². The number of aliphatic imine (C=N–C) groups is 4. The first-order valence-electron chi connectivity index (χ1n) is 60.2. The number of aliphatic hydroxyl groups is 4. The minimum absolute atomic E-state index is 0.0703. The highest BCUT2D eigenvalue weighted by molar-refractivity contribution is 6.41. The number of aliphatic hydroxyl groups excluding tert-OH is 4. The molecular formula is C132H200N8O8. The normalized spacial score (nSPS) is 14.2. The van der Waals surface area contributed by atoms with Crippen LogP contribution in [0.2, 0.25) is 0 Å². The predicted octanol–water partition coefficient (Wildman–Crippen LogP) is 36.0. The number of benzene rings is 4. The van der Waals surface area contributed by atoms with Crippen LogP contribution in [0.25, 0.3) is 22.3 Å². The molecule has 0 spiro atoms. The molecule has 8 bridgehead atoms. The van der Waals surface area contributed by atoms with Crippen molar-refractivity contribution in [1.82, 2.24) is 0 Å². The van der Waals surface area contributed by atoms with E-state index in [2.05, 4.69) is 101 Å². The van der Waals surface area contributed by atoms with E-state index in [1.165, 1.54) is 283 Å². The summed E-state index contributed by atoms with van der Waals surface area (Å²) in [5.74, 6) is -0.281. The van der Waals surface area contributed by atoms with Gasteiger partial charge in [-0.05, 0) is 124 Å². The molecule has 0 radical (unpaired) electrons. The van der Waals surface area contributed by atoms with Crippen molar-refractivity contribution < 1.29 is 39.6 Å². The molecule has 0 saturated heterocycles. The summed E-state index contributed by atoms with van der Waals surface area (Å²) in [7, 11) is 0. The summed E-state index contributed by atoms with van der Waals surface area (Å²) in [4.78, 5) is 84.2. The number of nitrogens with one attached hydrogen (secondary N) is 4. The molecule has 816 valence electrons. The average molecular weight is 2030 g/mol. The molecular weight excluding hydrogens is 1830 g/mol. The highest BCUT2D eigenvalue weighted by atomic mass is 16.3. The number of fused-ring (bicyclic) bond motifs is 4. The summed E-state index contributed by atoms with van der Waals surface area (Å²) in [6.45, 7) is 17.8. The van der Waals surface area contributed by atoms with Gasteiger partial charge in [-0.1, -0.05) is 513 Å². The van der Waals surface area contributed by atoms with Gasteiger partial charge in [-0.15, -0.1) is 0 Å². The molecule has 9 rings (SSSR count). The van der Waals surface area contributed by atoms with Crippen molar-refractivity contribution >= 4 is 91.5 Å². The van der Waals surface area contributed by atoms with Crippen LogP contribution >= 0.6 is 0 Å². The van der Waals surface area contributed by atoms with Gasteiger partial charge in [-0.3, -0.25) is 19.2 Å². The predicted molar refractivity (Wildman–Crippen MR) is 632 cm³/mol. The lowest BCUT2D eigenvalue weighted by Crippen LogP contribution is -2.31. The SMILES string of the molecule is CC(C)(CCCCCCCCCCCCCCCCCCO)C(=O)Nc1ccccc1C1=C2C=CC(=N2)C(c2ccccc2NC(=O)C(C)(C)CCCCCCCCCCCCCCCCCCO)=C2C=CC(=N2)C(c2ccccc2NC(=O)C(C)(C)CCCCCCCCCCCCCCCCCCO)=C2C=CC(=N2)C(c2ccccc2NC(=O)C(C)(C)CCCCCCCCCCCCCCCCCCO)=C2C=CC1=N2. The largest absolute Gasteiger partial charge is 0.396 e. The molecule has 16 nitrogen and oxygen atoms in total. The van der Waals surface area contributed by atoms with Crippen LogP contribution in [0.4, 0.5) is 22.7 Å². The second-order valence-electron chi connectivity index (χ2n) is 46.4. The molecule has 0 saturated carbocycles. The van der Waals surface area contributed by atoms with Gasteiger partial charge >= 0.3 is 0 Å². The van der Waals surface area contributed by atoms with Crippen molar-refractivity contribution in [3.05, 3.63) is 191 Å². The Labute approximate surface area is 897 Å². The summed E-state index contributed by atoms with van der Waals surface area (Å²) in [6.07, 6.45) is 96.7. The Balaban J connectivity index is 1.03. The van der Waals surface area contributed by atoms with Crippen LogP contribution in [0.1, 0.15) is 514 Å². The number of unbranched alkanes of at least 4 members (excludes halogenated alkanes) is 60. The second kappa shape index (κ2) is 71.2. The Bertz CT molecular complexity index is 4380. The quantitative estimate of drug-likeness (QED) is 0.0197. The molecule has 4 aromatic rings. The fourth-order valence-electron chi connectivity index (χ4n) is 21.7. The molecule has 5 aliphatic heterocycles. The topological polar surface area (TPSA) is 247 Å². The van der Waals surface area contributed by atoms with Gasteiger partial charge in [0.15, 0.2) is 0 Å². The van der Waals surface area contributed by atoms with Crippen molar-refractivity contribution in [3.63, 3.8) is 0 Å². The molecule has 0 unspecified atom stereocenters. The molecule has 5 heterocycles. The first-order chi connectivity index (χ1) is 72.1. The van der Waals surface area contributed by atoms with E-state index in [9.17, 15) is 0 Å². The number of carbonyl (C=O) groups is 4. The van der Waals surface area contributed by atoms with E-state index in [0.717, 1.165) is 176 Å². The fourth-order valence-corrected chi connectivity index (χ4v) is 21.7. The van der Waals surface area contributed by atoms with Crippen molar-refractivity contribution in [2.24, 2.45) is 41.6 Å². The van der Waals surface area contributed by atoms with E-state index in [0.29, 0.717) is 117 Å². The molecule has 0 aliphatic carbocycles. The lowest BCUT2D eigenvalue weighted by molar-refractivity contribution is -0.125. The summed E-state index contributed by atoms with van der Waals surface area (Å²) in [5, 5.41) is 50.5. The van der Waals surface area contributed by atoms with E-state index in [4.69, 9.17) is 40.4 Å². The number of anilines is 4. The average Bonchev–Trinajstić information content (AvgIpc) is 1.60. The first kappa shape index (κ1) is 123. The molecule has 4 amide bonds. The van der Waals surface area contributed by atoms with Gasteiger partial charge in [-0.2, -0.15) is 0 Å². The second-order valence-corrected chi connectivity index (χ2v) is 46.4. The van der Waals surface area contributed by atoms with Crippen LogP contribution in [0.5, 0.6) is 0 Å². The van der Waals surface area contributed by atoms with Crippen molar-refractivity contribution in [2.75, 3.05) is 47.7 Å². The molecule has 16 heteroatoms. The minimum Gasteiger partial charge on any atom is -0.396 e. The molecule has 0 fully saturated rings. The molecule has 5 aliphatic rings. The van der Waals surface area contributed by atoms with Gasteiger partial charge in [0.05, 0.1) is 45.6 Å². The van der Waals surface area contributed by atoms with E-state index in [-0.39, 0.29) is 23.6 Å². The Morgan fingerprint density at radius 3 is 0.459 bits per heavy atom. The maximum absolute atomic E-state index is 15.2. The van der Waals surface area contributed by atoms with Crippen LogP contribution in [-0.2, 0) is 19.2 Å². The minimum atomic E-state index is -0.703. The number of amides is 4. The summed E-state index contributed by atoms with van der Waals surface area (Å²) in [5.41, 5.74) is 10.1. The highest BCUT2D eigenvalue weighted by Gasteiger charge is 2.37. The van der Waals surface area contributed by atoms with Crippen LogP contribution < -0.4 is 21.3 Å². The van der Waals surface area contributed by atoms with Gasteiger partial charge in [-0.25, -0.2) is 20.0 Å². The zero-order chi connectivity index (χ0) is 105. The van der Waals surface area contributed by atoms with Gasteiger partial charge in [0.2, 0.25) is 23.6 Å². The molecule has 0 atom stereocenters. The number of para-hydroxylation sites is 4. The van der Waals surface area contributed by atoms with E-state index in [1.54, 1.807) is 0 Å². The lowest BCUT2D eigenvalue weighted by Gasteiger charge is -2.25. The van der Waals surface area contributed by atoms with E-state index >= 15 is 19.2 Å². The third-order valence-electron chi connectivity index (χ3n) is 31.7. The number of hydrogen-bond acceptors (Lipinski definition) is 12. The number of allylic oxidation sites excluding steroid dienone is 12. The zero-order valence-corrected chi connectivity index (χ0v) is 94.0. The Morgan fingerprint density at radius 2 is 0.318 bits per heavy atom. The standard InChI is InChI=1S/C132H200N8O8/c1-129(2,97-73-57-49-41-33-25-17-9-13-21-29-37-45-53-61-77-101-141)125(145)137-109-85-69-65-81-105(109)121-113-89-91-115(133-113)122(106-82-66-70-86-110(106)138-126(146)130(3,4)98-74-58-50-42-34-26-18-10-14-22-30-38-46-54-62-78-102-142)117-93-95-119(135-117)124(108-84-68-72-88-112(108)140-128(148)132(7,8)100-76-60-52-44-36-28-20-12-16-24-32-40-48-56-64-80-104-144)120-96-94-118(136-120)123(116-92-90-114(121)134-116)107-83-67-71-87-111(107)139-127(147)131(5,6)99-75-59-51-43-35-27-19-11-15-23-31-39-47-55-63-79-103-143/h65-72,81-96,141-144H,9-64,73-80,97-104H2,1-8H3,(H,137,145)(H,138,146)(H,139,147)(H,140,148). The smallest absolute Gasteiger partial charge is 0.230 e. The molecule has 0 aromatic heterocycles. The highest BCUT2D eigenvalue weighted by Crippen LogP contribution is 2.45. The Hall–Kier alpha value is -8.80. The fraction of sp³-hybridized carbons (Fsp3) is 0.636. The maximum Gasteiger partial charge on any atom is 0.230 e. The Morgan fingerprint density at radius 1 is 0.189 bits per heavy atom. The van der Waals surface area contributed by atoms with Gasteiger partial charge < -0.3 is 41.7 Å². The van der Waals surface area contributed by atoms with E-state index < -0.39 is 21.7 Å². The maximum atomic E-state index is 15.2. The number of rotatable bonds is 84. The van der Waals surface area contributed by atoms with Crippen LogP contribution in [-0.4, -0.2) is 93.3 Å². The summed E-state index contributed by atoms with van der Waals surface area (Å²) < 4.78 is 0. The molecule has 8 N–H and O–H groups in total. The van der Waals surface area contributed by atoms with Crippen LogP contribution in [0, 0.1) is 21.7 Å². The van der Waals surface area contributed by atoms with Gasteiger partial charge in [0.1, 0.15) is 0 Å². The lowest BCUT2D eigenvalue weighted by atomic mass is 9.85. The van der Waals surface area contributed by atoms with Crippen LogP contribution in [0.3, 0.4) is 0 Å². The molecule has 148 heavy (non-hydrogen) atoms. The number of hydrogen-bond donors (Lipinski definition) is 8. The van der Waals surface area contributed by atoms with E-state index in [1.807, 2.05) is 121 Å². The zero-order valence-electron chi connectivity index (χ0n) is 94.0. The molecule has 4 aromatic carbocycles. The number of nitrogens with zero attached hydrogens (tertiary/aromatic N) is 4. The summed E-state index contributed by atoms with van der Waals surface area (Å²) >= 11 is 0. The van der Waals surface area contributed by atoms with Crippen molar-refractivity contribution in [1.29, 1.82) is 0 Å². The number of carbonyl (C=O) groups excluding carboxylic acids is 4. The monoisotopic (exact) mass is 2030 g/mol. The first-order valence-corrected chi connectivity index (χ1v) is 60.2. The van der Waals surface area contributed by atoms with Crippen LogP contribution in [0.15, 0.2) is 188 Å². The summed E-state index contributed by atoms with van der Waals surface area (Å²) in [6, 6.07) is 32.1. The van der Waals surface area contributed by atoms with Crippen molar-refractivity contribution in [3.8, 4) is 0 Å². The Kier molecular flexibility index (Phi) is 59.0. The third kappa shape index (κ3) is 44.5.